The minimum absolute atomic E-state index is 0.113. The van der Waals surface area contributed by atoms with Crippen LogP contribution < -0.4 is 16.0 Å². The van der Waals surface area contributed by atoms with Gasteiger partial charge < -0.3 is 16.0 Å². The summed E-state index contributed by atoms with van der Waals surface area (Å²) in [7, 11) is 0. The van der Waals surface area contributed by atoms with Gasteiger partial charge in [-0.15, -0.1) is 0 Å². The Morgan fingerprint density at radius 2 is 1.54 bits per heavy atom. The molecule has 6 heteroatoms. The van der Waals surface area contributed by atoms with Crippen LogP contribution >= 0.6 is 11.6 Å². The summed E-state index contributed by atoms with van der Waals surface area (Å²) in [6, 6.07) is 21.6. The number of amides is 2. The Hall–Kier alpha value is -3.31. The van der Waals surface area contributed by atoms with Crippen molar-refractivity contribution < 1.29 is 9.59 Å². The largest absolute Gasteiger partial charge is 0.376 e. The van der Waals surface area contributed by atoms with Crippen LogP contribution in [-0.2, 0) is 4.79 Å². The lowest BCUT2D eigenvalue weighted by Crippen LogP contribution is -2.21. The summed E-state index contributed by atoms with van der Waals surface area (Å²) in [5, 5.41) is 9.23. The van der Waals surface area contributed by atoms with Crippen molar-refractivity contribution in [2.75, 3.05) is 22.5 Å². The Bertz CT molecular complexity index is 987. The fraction of sp³-hybridized carbons (Fsp3) is 0.0909. The molecule has 3 aromatic rings. The Balaban J connectivity index is 1.51. The normalized spacial score (nSPS) is 10.2. The molecule has 0 fully saturated rings. The summed E-state index contributed by atoms with van der Waals surface area (Å²) in [6.45, 7) is 2.06. The number of halogens is 1. The molecule has 2 amide bonds. The van der Waals surface area contributed by atoms with Crippen molar-refractivity contribution in [3.63, 3.8) is 0 Å². The third-order valence-electron chi connectivity index (χ3n) is 3.98. The highest BCUT2D eigenvalue weighted by Crippen LogP contribution is 2.16. The second-order valence-corrected chi connectivity index (χ2v) is 6.75. The van der Waals surface area contributed by atoms with Crippen LogP contribution in [0.15, 0.2) is 72.8 Å². The first-order valence-electron chi connectivity index (χ1n) is 8.77. The van der Waals surface area contributed by atoms with Crippen molar-refractivity contribution in [3.05, 3.63) is 88.9 Å². The van der Waals surface area contributed by atoms with Crippen molar-refractivity contribution in [2.45, 2.75) is 6.92 Å². The van der Waals surface area contributed by atoms with Crippen LogP contribution in [0.2, 0.25) is 5.02 Å². The number of carbonyl (C=O) groups is 2. The monoisotopic (exact) mass is 393 g/mol. The second kappa shape index (κ2) is 9.06. The van der Waals surface area contributed by atoms with Gasteiger partial charge in [-0.2, -0.15) is 0 Å². The lowest BCUT2D eigenvalue weighted by molar-refractivity contribution is -0.114. The number of rotatable bonds is 6. The molecule has 0 aliphatic carbocycles. The molecule has 0 saturated carbocycles. The highest BCUT2D eigenvalue weighted by molar-refractivity contribution is 6.30. The number of anilines is 3. The quantitative estimate of drug-likeness (QED) is 0.554. The molecule has 142 valence electrons. The molecule has 0 heterocycles. The smallest absolute Gasteiger partial charge is 0.255 e. The number of aryl methyl sites for hydroxylation is 1. The zero-order valence-electron chi connectivity index (χ0n) is 15.3. The molecule has 0 atom stereocenters. The molecular weight excluding hydrogens is 374 g/mol. The topological polar surface area (TPSA) is 70.2 Å². The van der Waals surface area contributed by atoms with Gasteiger partial charge in [0.1, 0.15) is 0 Å². The molecule has 3 N–H and O–H groups in total. The molecule has 0 aromatic heterocycles. The van der Waals surface area contributed by atoms with Gasteiger partial charge in [-0.3, -0.25) is 9.59 Å². The molecule has 0 spiro atoms. The average molecular weight is 394 g/mol. The fourth-order valence-electron chi connectivity index (χ4n) is 2.61. The van der Waals surface area contributed by atoms with E-state index in [9.17, 15) is 9.59 Å². The molecule has 3 rings (SSSR count). The van der Waals surface area contributed by atoms with E-state index in [-0.39, 0.29) is 18.4 Å². The SMILES string of the molecule is Cc1cccc(C(=O)Nc2ccc(NCC(=O)Nc3cccc(Cl)c3)cc2)c1. The van der Waals surface area contributed by atoms with Gasteiger partial charge >= 0.3 is 0 Å². The van der Waals surface area contributed by atoms with Gasteiger partial charge in [0.15, 0.2) is 0 Å². The molecule has 3 aromatic carbocycles. The summed E-state index contributed by atoms with van der Waals surface area (Å²) in [6.07, 6.45) is 0. The Morgan fingerprint density at radius 1 is 0.821 bits per heavy atom. The van der Waals surface area contributed by atoms with Gasteiger partial charge in [0.05, 0.1) is 6.54 Å². The number of nitrogens with one attached hydrogen (secondary N) is 3. The van der Waals surface area contributed by atoms with Crippen molar-refractivity contribution >= 4 is 40.5 Å². The summed E-state index contributed by atoms with van der Waals surface area (Å²) >= 11 is 5.90. The third kappa shape index (κ3) is 5.59. The lowest BCUT2D eigenvalue weighted by Gasteiger charge is -2.10. The van der Waals surface area contributed by atoms with Gasteiger partial charge in [-0.05, 0) is 61.5 Å². The van der Waals surface area contributed by atoms with E-state index in [1.165, 1.54) is 0 Å². The number of carbonyl (C=O) groups excluding carboxylic acids is 2. The van der Waals surface area contributed by atoms with Crippen molar-refractivity contribution in [1.82, 2.24) is 0 Å². The van der Waals surface area contributed by atoms with Crippen LogP contribution in [0, 0.1) is 6.92 Å². The number of hydrogen-bond acceptors (Lipinski definition) is 3. The predicted octanol–water partition coefficient (Wildman–Crippen LogP) is 4.95. The standard InChI is InChI=1S/C22H20ClN3O2/c1-15-4-2-5-16(12-15)22(28)26-19-10-8-18(9-11-19)24-14-21(27)25-20-7-3-6-17(23)13-20/h2-13,24H,14H2,1H3,(H,25,27)(H,26,28). The van der Waals surface area contributed by atoms with E-state index in [0.29, 0.717) is 22.0 Å². The van der Waals surface area contributed by atoms with Crippen molar-refractivity contribution in [3.8, 4) is 0 Å². The highest BCUT2D eigenvalue weighted by Gasteiger charge is 2.07. The molecule has 0 bridgehead atoms. The zero-order chi connectivity index (χ0) is 19.9. The van der Waals surface area contributed by atoms with Crippen LogP contribution in [0.4, 0.5) is 17.1 Å². The van der Waals surface area contributed by atoms with Gasteiger partial charge in [0.2, 0.25) is 5.91 Å². The first kappa shape index (κ1) is 19.5. The average Bonchev–Trinajstić information content (AvgIpc) is 2.67. The summed E-state index contributed by atoms with van der Waals surface area (Å²) in [5.74, 6) is -0.343. The fourth-order valence-corrected chi connectivity index (χ4v) is 2.81. The van der Waals surface area contributed by atoms with Gasteiger partial charge in [-0.1, -0.05) is 35.4 Å². The minimum atomic E-state index is -0.181. The molecule has 0 radical (unpaired) electrons. The van der Waals surface area contributed by atoms with E-state index < -0.39 is 0 Å². The Labute approximate surface area is 168 Å². The highest BCUT2D eigenvalue weighted by atomic mass is 35.5. The van der Waals surface area contributed by atoms with Crippen LogP contribution in [0.3, 0.4) is 0 Å². The molecule has 0 unspecified atom stereocenters. The predicted molar refractivity (Wildman–Crippen MR) is 114 cm³/mol. The maximum absolute atomic E-state index is 12.3. The van der Waals surface area contributed by atoms with E-state index in [1.54, 1.807) is 54.6 Å². The minimum Gasteiger partial charge on any atom is -0.376 e. The van der Waals surface area contributed by atoms with Gasteiger partial charge in [0, 0.05) is 27.6 Å². The van der Waals surface area contributed by atoms with Crippen LogP contribution in [0.1, 0.15) is 15.9 Å². The first-order valence-corrected chi connectivity index (χ1v) is 9.15. The molecule has 5 nitrogen and oxygen atoms in total. The van der Waals surface area contributed by atoms with Gasteiger partial charge in [-0.25, -0.2) is 0 Å². The maximum atomic E-state index is 12.3. The number of benzene rings is 3. The van der Waals surface area contributed by atoms with E-state index in [4.69, 9.17) is 11.6 Å². The first-order chi connectivity index (χ1) is 13.5. The maximum Gasteiger partial charge on any atom is 0.255 e. The summed E-state index contributed by atoms with van der Waals surface area (Å²) in [5.41, 5.74) is 3.74. The van der Waals surface area contributed by atoms with E-state index >= 15 is 0 Å². The summed E-state index contributed by atoms with van der Waals surface area (Å²) < 4.78 is 0. The van der Waals surface area contributed by atoms with Gasteiger partial charge in [0.25, 0.3) is 5.91 Å². The number of hydrogen-bond donors (Lipinski definition) is 3. The summed E-state index contributed by atoms with van der Waals surface area (Å²) in [4.78, 5) is 24.3. The Kier molecular flexibility index (Phi) is 6.29. The van der Waals surface area contributed by atoms with E-state index in [2.05, 4.69) is 16.0 Å². The molecule has 0 aliphatic rings. The molecule has 28 heavy (non-hydrogen) atoms. The third-order valence-corrected chi connectivity index (χ3v) is 4.22. The lowest BCUT2D eigenvalue weighted by atomic mass is 10.1. The van der Waals surface area contributed by atoms with E-state index in [1.807, 2.05) is 25.1 Å². The van der Waals surface area contributed by atoms with Crippen molar-refractivity contribution in [2.24, 2.45) is 0 Å². The van der Waals surface area contributed by atoms with Crippen LogP contribution in [0.5, 0.6) is 0 Å². The molecule has 0 aliphatic heterocycles. The molecule has 0 saturated heterocycles. The van der Waals surface area contributed by atoms with Crippen LogP contribution in [0.25, 0.3) is 0 Å². The second-order valence-electron chi connectivity index (χ2n) is 6.31. The Morgan fingerprint density at radius 3 is 2.25 bits per heavy atom. The van der Waals surface area contributed by atoms with Crippen LogP contribution in [-0.4, -0.2) is 18.4 Å². The van der Waals surface area contributed by atoms with E-state index in [0.717, 1.165) is 11.3 Å². The zero-order valence-corrected chi connectivity index (χ0v) is 16.1. The van der Waals surface area contributed by atoms with Crippen molar-refractivity contribution in [1.29, 1.82) is 0 Å². The molecular formula is C22H20ClN3O2.